The Morgan fingerprint density at radius 2 is 1.66 bits per heavy atom. The molecule has 2 rings (SSSR count). The quantitative estimate of drug-likeness (QED) is 0.547. The van der Waals surface area contributed by atoms with Crippen LogP contribution in [0.25, 0.3) is 0 Å². The van der Waals surface area contributed by atoms with Gasteiger partial charge in [0.1, 0.15) is 0 Å². The molecule has 0 bridgehead atoms. The Kier molecular flexibility index (Phi) is 9.98. The van der Waals surface area contributed by atoms with Crippen LogP contribution in [0.4, 0.5) is 0 Å². The Balaban J connectivity index is 1.92. The summed E-state index contributed by atoms with van der Waals surface area (Å²) in [7, 11) is 3.28. The van der Waals surface area contributed by atoms with Crippen LogP contribution >= 0.6 is 0 Å². The van der Waals surface area contributed by atoms with Crippen LogP contribution in [0.1, 0.15) is 31.4 Å². The molecule has 0 amide bonds. The first-order chi connectivity index (χ1) is 14.0. The highest BCUT2D eigenvalue weighted by atomic mass is 16.5. The summed E-state index contributed by atoms with van der Waals surface area (Å²) >= 11 is 0. The number of nitrogens with zero attached hydrogens (tertiary/aromatic N) is 1. The Morgan fingerprint density at radius 1 is 0.931 bits per heavy atom. The lowest BCUT2D eigenvalue weighted by molar-refractivity contribution is 0.00788. The number of aliphatic hydroxyl groups excluding tert-OH is 1. The Labute approximate surface area is 175 Å². The van der Waals surface area contributed by atoms with E-state index in [0.717, 1.165) is 42.1 Å². The largest absolute Gasteiger partial charge is 0.493 e. The molecule has 0 radical (unpaired) electrons. The summed E-state index contributed by atoms with van der Waals surface area (Å²) in [5.74, 6) is 2.05. The van der Waals surface area contributed by atoms with Crippen LogP contribution in [0.2, 0.25) is 0 Å². The lowest BCUT2D eigenvalue weighted by Crippen LogP contribution is -2.35. The summed E-state index contributed by atoms with van der Waals surface area (Å²) in [6, 6.07) is 16.0. The van der Waals surface area contributed by atoms with Gasteiger partial charge in [-0.05, 0) is 42.1 Å². The molecule has 160 valence electrons. The van der Waals surface area contributed by atoms with Gasteiger partial charge in [0, 0.05) is 13.1 Å². The van der Waals surface area contributed by atoms with Crippen LogP contribution in [0, 0.1) is 5.92 Å². The van der Waals surface area contributed by atoms with E-state index >= 15 is 0 Å². The van der Waals surface area contributed by atoms with Crippen molar-refractivity contribution in [2.45, 2.75) is 39.5 Å². The molecule has 2 aromatic carbocycles. The van der Waals surface area contributed by atoms with Crippen LogP contribution in [-0.2, 0) is 17.9 Å². The van der Waals surface area contributed by atoms with E-state index in [4.69, 9.17) is 14.2 Å². The Hall–Kier alpha value is -2.08. The molecule has 0 heterocycles. The molecular formula is C24H35NO4. The summed E-state index contributed by atoms with van der Waals surface area (Å²) in [5.41, 5.74) is 2.24. The van der Waals surface area contributed by atoms with Crippen LogP contribution in [0.3, 0.4) is 0 Å². The number of hydrogen-bond acceptors (Lipinski definition) is 5. The minimum atomic E-state index is -0.536. The minimum Gasteiger partial charge on any atom is -0.493 e. The lowest BCUT2D eigenvalue weighted by Gasteiger charge is -2.26. The topological polar surface area (TPSA) is 51.2 Å². The van der Waals surface area contributed by atoms with E-state index in [-0.39, 0.29) is 0 Å². The standard InChI is InChI=1S/C24H35NO4/c1-19(2)12-13-25(15-21-10-11-23(27-3)24(14-21)28-4)16-22(26)18-29-17-20-8-6-5-7-9-20/h5-11,14,19,22,26H,12-13,15-18H2,1-4H3/t22-/m1/s1. The van der Waals surface area contributed by atoms with Crippen molar-refractivity contribution in [1.29, 1.82) is 0 Å². The molecular weight excluding hydrogens is 366 g/mol. The maximum Gasteiger partial charge on any atom is 0.161 e. The third kappa shape index (κ3) is 8.44. The lowest BCUT2D eigenvalue weighted by atomic mass is 10.1. The third-order valence-corrected chi connectivity index (χ3v) is 4.77. The second kappa shape index (κ2) is 12.5. The summed E-state index contributed by atoms with van der Waals surface area (Å²) in [5, 5.41) is 10.5. The fourth-order valence-electron chi connectivity index (χ4n) is 3.15. The fraction of sp³-hybridized carbons (Fsp3) is 0.500. The predicted molar refractivity (Wildman–Crippen MR) is 116 cm³/mol. The summed E-state index contributed by atoms with van der Waals surface area (Å²) in [6.07, 6.45) is 0.538. The van der Waals surface area contributed by atoms with Gasteiger partial charge in [0.25, 0.3) is 0 Å². The summed E-state index contributed by atoms with van der Waals surface area (Å²) in [6.45, 7) is 7.49. The van der Waals surface area contributed by atoms with Crippen molar-refractivity contribution in [2.24, 2.45) is 5.92 Å². The van der Waals surface area contributed by atoms with Gasteiger partial charge in [-0.3, -0.25) is 4.90 Å². The van der Waals surface area contributed by atoms with Gasteiger partial charge in [0.15, 0.2) is 11.5 Å². The molecule has 1 atom stereocenters. The molecule has 0 aliphatic carbocycles. The first kappa shape index (κ1) is 23.2. The first-order valence-corrected chi connectivity index (χ1v) is 10.2. The molecule has 0 unspecified atom stereocenters. The fourth-order valence-corrected chi connectivity index (χ4v) is 3.15. The van der Waals surface area contributed by atoms with Crippen molar-refractivity contribution in [2.75, 3.05) is 33.9 Å². The average molecular weight is 402 g/mol. The molecule has 0 aliphatic heterocycles. The average Bonchev–Trinajstić information content (AvgIpc) is 2.72. The zero-order valence-corrected chi connectivity index (χ0v) is 18.1. The number of ether oxygens (including phenoxy) is 3. The van der Waals surface area contributed by atoms with Crippen LogP contribution in [0.5, 0.6) is 11.5 Å². The molecule has 29 heavy (non-hydrogen) atoms. The zero-order valence-electron chi connectivity index (χ0n) is 18.1. The number of benzene rings is 2. The van der Waals surface area contributed by atoms with Crippen molar-refractivity contribution in [1.82, 2.24) is 4.90 Å². The Morgan fingerprint density at radius 3 is 2.31 bits per heavy atom. The monoisotopic (exact) mass is 401 g/mol. The van der Waals surface area contributed by atoms with Crippen LogP contribution in [-0.4, -0.2) is 50.0 Å². The highest BCUT2D eigenvalue weighted by Crippen LogP contribution is 2.28. The highest BCUT2D eigenvalue weighted by molar-refractivity contribution is 5.42. The molecule has 0 saturated carbocycles. The third-order valence-electron chi connectivity index (χ3n) is 4.77. The molecule has 1 N–H and O–H groups in total. The van der Waals surface area contributed by atoms with Gasteiger partial charge < -0.3 is 19.3 Å². The van der Waals surface area contributed by atoms with Crippen molar-refractivity contribution >= 4 is 0 Å². The zero-order chi connectivity index (χ0) is 21.1. The van der Waals surface area contributed by atoms with Gasteiger partial charge >= 0.3 is 0 Å². The first-order valence-electron chi connectivity index (χ1n) is 10.2. The van der Waals surface area contributed by atoms with E-state index in [1.807, 2.05) is 48.5 Å². The van der Waals surface area contributed by atoms with E-state index in [2.05, 4.69) is 18.7 Å². The van der Waals surface area contributed by atoms with Crippen molar-refractivity contribution < 1.29 is 19.3 Å². The number of rotatable bonds is 13. The minimum absolute atomic E-state index is 0.318. The molecule has 5 heteroatoms. The molecule has 0 aromatic heterocycles. The molecule has 0 aliphatic rings. The smallest absolute Gasteiger partial charge is 0.161 e. The highest BCUT2D eigenvalue weighted by Gasteiger charge is 2.15. The summed E-state index contributed by atoms with van der Waals surface area (Å²) in [4.78, 5) is 2.28. The van der Waals surface area contributed by atoms with Gasteiger partial charge in [-0.2, -0.15) is 0 Å². The molecule has 0 spiro atoms. The number of methoxy groups -OCH3 is 2. The van der Waals surface area contributed by atoms with Crippen LogP contribution < -0.4 is 9.47 Å². The second-order valence-electron chi connectivity index (χ2n) is 7.76. The van der Waals surface area contributed by atoms with Crippen molar-refractivity contribution in [3.63, 3.8) is 0 Å². The van der Waals surface area contributed by atoms with Gasteiger partial charge in [-0.15, -0.1) is 0 Å². The van der Waals surface area contributed by atoms with Crippen LogP contribution in [0.15, 0.2) is 48.5 Å². The summed E-state index contributed by atoms with van der Waals surface area (Å²) < 4.78 is 16.5. The molecule has 5 nitrogen and oxygen atoms in total. The van der Waals surface area contributed by atoms with E-state index in [9.17, 15) is 5.11 Å². The van der Waals surface area contributed by atoms with Crippen molar-refractivity contribution in [3.8, 4) is 11.5 Å². The maximum atomic E-state index is 10.5. The van der Waals surface area contributed by atoms with Gasteiger partial charge in [-0.1, -0.05) is 50.2 Å². The van der Waals surface area contributed by atoms with E-state index in [1.54, 1.807) is 14.2 Å². The van der Waals surface area contributed by atoms with Gasteiger partial charge in [0.2, 0.25) is 0 Å². The normalized spacial score (nSPS) is 12.4. The van der Waals surface area contributed by atoms with Crippen molar-refractivity contribution in [3.05, 3.63) is 59.7 Å². The Bertz CT molecular complexity index is 705. The van der Waals surface area contributed by atoms with E-state index in [0.29, 0.717) is 25.7 Å². The van der Waals surface area contributed by atoms with E-state index < -0.39 is 6.10 Å². The molecule has 2 aromatic rings. The SMILES string of the molecule is COc1ccc(CN(CCC(C)C)C[C@@H](O)COCc2ccccc2)cc1OC. The number of aliphatic hydroxyl groups is 1. The van der Waals surface area contributed by atoms with Gasteiger partial charge in [0.05, 0.1) is 33.5 Å². The predicted octanol–water partition coefficient (Wildman–Crippen LogP) is 4.13. The van der Waals surface area contributed by atoms with Gasteiger partial charge in [-0.25, -0.2) is 0 Å². The van der Waals surface area contributed by atoms with E-state index in [1.165, 1.54) is 0 Å². The maximum absolute atomic E-state index is 10.5. The molecule has 0 saturated heterocycles. The second-order valence-corrected chi connectivity index (χ2v) is 7.76. The molecule has 0 fully saturated rings. The number of hydrogen-bond donors (Lipinski definition) is 1.